The molecule has 0 bridgehead atoms. The number of amides is 1. The van der Waals surface area contributed by atoms with Gasteiger partial charge in [0, 0.05) is 12.4 Å². The number of piperidine rings is 1. The van der Waals surface area contributed by atoms with Crippen LogP contribution in [0.3, 0.4) is 0 Å². The molecule has 146 valence electrons. The Morgan fingerprint density at radius 3 is 2.96 bits per heavy atom. The number of benzene rings is 1. The normalized spacial score (nSPS) is 14.9. The van der Waals surface area contributed by atoms with Crippen molar-refractivity contribution in [2.75, 3.05) is 25.0 Å². The third-order valence-electron chi connectivity index (χ3n) is 4.93. The van der Waals surface area contributed by atoms with Crippen LogP contribution < -0.4 is 15.4 Å². The summed E-state index contributed by atoms with van der Waals surface area (Å²) in [6.07, 6.45) is 6.85. The quantitative estimate of drug-likeness (QED) is 0.525. The molecule has 3 heterocycles. The number of aromatic nitrogens is 2. The number of nitrogens with zero attached hydrogens (tertiary/aromatic N) is 1. The maximum absolute atomic E-state index is 12.7. The van der Waals surface area contributed by atoms with Crippen molar-refractivity contribution in [1.29, 1.82) is 0 Å². The van der Waals surface area contributed by atoms with Gasteiger partial charge in [0.25, 0.3) is 5.91 Å². The lowest BCUT2D eigenvalue weighted by atomic mass is 9.99. The number of halogens is 1. The van der Waals surface area contributed by atoms with Crippen LogP contribution in [0.15, 0.2) is 36.8 Å². The molecule has 4 N–H and O–H groups in total. The number of carbonyl (C=O) groups excluding carboxylic acids is 1. The Balaban J connectivity index is 1.47. The summed E-state index contributed by atoms with van der Waals surface area (Å²) >= 11 is 6.13. The van der Waals surface area contributed by atoms with Gasteiger partial charge >= 0.3 is 0 Å². The molecule has 0 aliphatic carbocycles. The number of aromatic amines is 1. The van der Waals surface area contributed by atoms with E-state index in [9.17, 15) is 9.90 Å². The second-order valence-corrected chi connectivity index (χ2v) is 7.29. The largest absolute Gasteiger partial charge is 0.507 e. The highest BCUT2D eigenvalue weighted by Crippen LogP contribution is 2.35. The molecule has 0 spiro atoms. The molecule has 0 unspecified atom stereocenters. The van der Waals surface area contributed by atoms with Crippen molar-refractivity contribution in [3.63, 3.8) is 0 Å². The van der Waals surface area contributed by atoms with Gasteiger partial charge in [-0.05, 0) is 50.0 Å². The number of fused-ring (bicyclic) bond motifs is 1. The first-order chi connectivity index (χ1) is 13.6. The fourth-order valence-corrected chi connectivity index (χ4v) is 3.59. The maximum atomic E-state index is 12.7. The van der Waals surface area contributed by atoms with Crippen LogP contribution in [0.2, 0.25) is 5.02 Å². The van der Waals surface area contributed by atoms with Crippen LogP contribution in [0.5, 0.6) is 11.5 Å². The fraction of sp³-hybridized carbons (Fsp3) is 0.300. The summed E-state index contributed by atoms with van der Waals surface area (Å²) in [5.41, 5.74) is 1.38. The summed E-state index contributed by atoms with van der Waals surface area (Å²) in [4.78, 5) is 19.8. The van der Waals surface area contributed by atoms with Crippen molar-refractivity contribution in [3.05, 3.63) is 47.4 Å². The Kier molecular flexibility index (Phi) is 5.36. The van der Waals surface area contributed by atoms with Crippen LogP contribution in [-0.4, -0.2) is 40.7 Å². The summed E-state index contributed by atoms with van der Waals surface area (Å²) in [7, 11) is 0. The minimum atomic E-state index is -0.347. The number of rotatable bonds is 5. The van der Waals surface area contributed by atoms with Crippen molar-refractivity contribution >= 4 is 34.1 Å². The summed E-state index contributed by atoms with van der Waals surface area (Å²) in [6.45, 7) is 2.63. The molecule has 0 atom stereocenters. The van der Waals surface area contributed by atoms with Crippen molar-refractivity contribution in [2.45, 2.75) is 12.8 Å². The number of anilines is 1. The molecule has 1 aromatic carbocycles. The number of phenolic OH excluding ortho intramolecular Hbond substituents is 1. The molecule has 7 nitrogen and oxygen atoms in total. The Bertz CT molecular complexity index is 998. The van der Waals surface area contributed by atoms with Gasteiger partial charge in [-0.15, -0.1) is 0 Å². The molecule has 3 aromatic rings. The monoisotopic (exact) mass is 400 g/mol. The standard InChI is InChI=1S/C20H21ClN4O3/c21-15-1-2-17(26)18-16(10-24-19(15)18)25-20(27)13-7-14(9-23-8-13)28-11-12-3-5-22-6-4-12/h1-2,7-10,12,22,24,26H,3-6,11H2,(H,25,27). The van der Waals surface area contributed by atoms with E-state index in [0.29, 0.717) is 45.5 Å². The molecule has 1 aliphatic heterocycles. The van der Waals surface area contributed by atoms with Gasteiger partial charge in [0.1, 0.15) is 11.5 Å². The molecule has 0 saturated carbocycles. The number of hydrogen-bond acceptors (Lipinski definition) is 5. The third kappa shape index (κ3) is 3.90. The molecule has 2 aromatic heterocycles. The second kappa shape index (κ2) is 8.08. The molecule has 1 amide bonds. The van der Waals surface area contributed by atoms with Crippen molar-refractivity contribution in [2.24, 2.45) is 5.92 Å². The highest BCUT2D eigenvalue weighted by atomic mass is 35.5. The SMILES string of the molecule is O=C(Nc1c[nH]c2c(Cl)ccc(O)c12)c1cncc(OCC2CCNCC2)c1. The minimum absolute atomic E-state index is 0.0353. The van der Waals surface area contributed by atoms with Gasteiger partial charge < -0.3 is 25.5 Å². The minimum Gasteiger partial charge on any atom is -0.507 e. The average Bonchev–Trinajstić information content (AvgIpc) is 3.15. The van der Waals surface area contributed by atoms with Gasteiger partial charge in [0.05, 0.1) is 40.0 Å². The van der Waals surface area contributed by atoms with E-state index >= 15 is 0 Å². The van der Waals surface area contributed by atoms with Crippen molar-refractivity contribution < 1.29 is 14.6 Å². The molecule has 8 heteroatoms. The fourth-order valence-electron chi connectivity index (χ4n) is 3.37. The molecule has 4 rings (SSSR count). The van der Waals surface area contributed by atoms with E-state index < -0.39 is 0 Å². The topological polar surface area (TPSA) is 99.3 Å². The molecule has 1 aliphatic rings. The predicted molar refractivity (Wildman–Crippen MR) is 108 cm³/mol. The van der Waals surface area contributed by atoms with E-state index in [0.717, 1.165) is 25.9 Å². The van der Waals surface area contributed by atoms with Gasteiger partial charge in [-0.3, -0.25) is 9.78 Å². The Labute approximate surface area is 167 Å². The number of carbonyl (C=O) groups is 1. The van der Waals surface area contributed by atoms with Crippen LogP contribution in [0.25, 0.3) is 10.9 Å². The van der Waals surface area contributed by atoms with E-state index in [4.69, 9.17) is 16.3 Å². The number of phenols is 1. The van der Waals surface area contributed by atoms with Crippen molar-refractivity contribution in [3.8, 4) is 11.5 Å². The zero-order valence-corrected chi connectivity index (χ0v) is 15.9. The van der Waals surface area contributed by atoms with E-state index in [2.05, 4.69) is 20.6 Å². The number of hydrogen-bond donors (Lipinski definition) is 4. The molecule has 0 radical (unpaired) electrons. The Morgan fingerprint density at radius 1 is 1.32 bits per heavy atom. The predicted octanol–water partition coefficient (Wildman–Crippen LogP) is 3.55. The van der Waals surface area contributed by atoms with E-state index in [1.807, 2.05) is 0 Å². The molecular formula is C20H21ClN4O3. The van der Waals surface area contributed by atoms with Gasteiger partial charge in [-0.2, -0.15) is 0 Å². The van der Waals surface area contributed by atoms with Gasteiger partial charge in [-0.1, -0.05) is 11.6 Å². The molecular weight excluding hydrogens is 380 g/mol. The number of ether oxygens (including phenoxy) is 1. The van der Waals surface area contributed by atoms with Gasteiger partial charge in [-0.25, -0.2) is 0 Å². The summed E-state index contributed by atoms with van der Waals surface area (Å²) in [5.74, 6) is 0.766. The lowest BCUT2D eigenvalue weighted by Gasteiger charge is -2.22. The van der Waals surface area contributed by atoms with Crippen LogP contribution in [0.1, 0.15) is 23.2 Å². The van der Waals surface area contributed by atoms with E-state index in [1.54, 1.807) is 24.5 Å². The summed E-state index contributed by atoms with van der Waals surface area (Å²) in [5, 5.41) is 17.2. The smallest absolute Gasteiger partial charge is 0.257 e. The number of nitrogens with one attached hydrogen (secondary N) is 3. The zero-order valence-electron chi connectivity index (χ0n) is 15.2. The molecule has 1 saturated heterocycles. The number of H-pyrrole nitrogens is 1. The van der Waals surface area contributed by atoms with Gasteiger partial charge in [0.2, 0.25) is 0 Å². The van der Waals surface area contributed by atoms with E-state index in [-0.39, 0.29) is 11.7 Å². The highest BCUT2D eigenvalue weighted by molar-refractivity contribution is 6.36. The first-order valence-corrected chi connectivity index (χ1v) is 9.58. The number of pyridine rings is 1. The molecule has 1 fully saturated rings. The lowest BCUT2D eigenvalue weighted by molar-refractivity contribution is 0.102. The Morgan fingerprint density at radius 2 is 2.14 bits per heavy atom. The third-order valence-corrected chi connectivity index (χ3v) is 5.25. The summed E-state index contributed by atoms with van der Waals surface area (Å²) < 4.78 is 5.84. The first-order valence-electron chi connectivity index (χ1n) is 9.20. The molecule has 28 heavy (non-hydrogen) atoms. The highest BCUT2D eigenvalue weighted by Gasteiger charge is 2.16. The zero-order chi connectivity index (χ0) is 19.5. The van der Waals surface area contributed by atoms with Crippen LogP contribution in [0, 0.1) is 5.92 Å². The van der Waals surface area contributed by atoms with Crippen LogP contribution in [0.4, 0.5) is 5.69 Å². The van der Waals surface area contributed by atoms with Crippen molar-refractivity contribution in [1.82, 2.24) is 15.3 Å². The van der Waals surface area contributed by atoms with Crippen LogP contribution >= 0.6 is 11.6 Å². The number of aromatic hydroxyl groups is 1. The van der Waals surface area contributed by atoms with Gasteiger partial charge in [0.15, 0.2) is 0 Å². The Hall–Kier alpha value is -2.77. The van der Waals surface area contributed by atoms with E-state index in [1.165, 1.54) is 12.3 Å². The second-order valence-electron chi connectivity index (χ2n) is 6.89. The lowest BCUT2D eigenvalue weighted by Crippen LogP contribution is -2.30. The first kappa shape index (κ1) is 18.6. The summed E-state index contributed by atoms with van der Waals surface area (Å²) in [6, 6.07) is 4.75. The average molecular weight is 401 g/mol. The maximum Gasteiger partial charge on any atom is 0.257 e. The van der Waals surface area contributed by atoms with Crippen LogP contribution in [-0.2, 0) is 0 Å².